The molecule has 0 aromatic carbocycles. The van der Waals surface area contributed by atoms with Crippen molar-refractivity contribution in [2.24, 2.45) is 5.73 Å². The highest BCUT2D eigenvalue weighted by atomic mass is 16.5. The number of hydrogen-bond donors (Lipinski definition) is 2. The summed E-state index contributed by atoms with van der Waals surface area (Å²) < 4.78 is 5.52. The van der Waals surface area contributed by atoms with Crippen LogP contribution in [0.4, 0.5) is 5.69 Å². The molecule has 0 aliphatic heterocycles. The largest absolute Gasteiger partial charge is 0.469 e. The second-order valence-electron chi connectivity index (χ2n) is 3.46. The van der Waals surface area contributed by atoms with Gasteiger partial charge in [0, 0.05) is 12.7 Å². The van der Waals surface area contributed by atoms with Crippen molar-refractivity contribution in [2.75, 3.05) is 12.3 Å². The van der Waals surface area contributed by atoms with Gasteiger partial charge in [0.2, 0.25) is 5.88 Å². The second-order valence-corrected chi connectivity index (χ2v) is 3.46. The molecule has 0 saturated heterocycles. The molecule has 1 aromatic rings. The number of nitrogens with zero attached hydrogens (tertiary/aromatic N) is 1. The Bertz CT molecular complexity index is 286. The molecule has 72 valence electrons. The van der Waals surface area contributed by atoms with Crippen molar-refractivity contribution in [3.05, 3.63) is 18.3 Å². The molecular formula is C9H15N3O. The molecule has 1 heterocycles. The zero-order valence-corrected chi connectivity index (χ0v) is 7.95. The number of ether oxygens (including phenoxy) is 1. The van der Waals surface area contributed by atoms with Gasteiger partial charge in [-0.2, -0.15) is 0 Å². The van der Waals surface area contributed by atoms with Gasteiger partial charge in [0.15, 0.2) is 0 Å². The van der Waals surface area contributed by atoms with Crippen LogP contribution in [0, 0.1) is 0 Å². The van der Waals surface area contributed by atoms with E-state index in [9.17, 15) is 0 Å². The average Bonchev–Trinajstić information content (AvgIpc) is 2.09. The van der Waals surface area contributed by atoms with E-state index in [1.807, 2.05) is 13.8 Å². The lowest BCUT2D eigenvalue weighted by molar-refractivity contribution is 0.113. The number of aromatic nitrogens is 1. The maximum Gasteiger partial charge on any atom is 0.237 e. The van der Waals surface area contributed by atoms with Crippen LogP contribution >= 0.6 is 0 Å². The number of rotatable bonds is 3. The molecule has 0 fully saturated rings. The molecule has 0 bridgehead atoms. The van der Waals surface area contributed by atoms with Gasteiger partial charge >= 0.3 is 0 Å². The predicted octanol–water partition coefficient (Wildman–Crippen LogP) is 0.780. The topological polar surface area (TPSA) is 74.2 Å². The number of hydrogen-bond acceptors (Lipinski definition) is 4. The Balaban J connectivity index is 2.80. The Hall–Kier alpha value is -1.29. The van der Waals surface area contributed by atoms with Gasteiger partial charge in [-0.05, 0) is 26.0 Å². The van der Waals surface area contributed by atoms with Crippen LogP contribution in [0.1, 0.15) is 13.8 Å². The van der Waals surface area contributed by atoms with Crippen LogP contribution < -0.4 is 16.2 Å². The van der Waals surface area contributed by atoms with Gasteiger partial charge in [-0.3, -0.25) is 0 Å². The van der Waals surface area contributed by atoms with Crippen LogP contribution in [0.2, 0.25) is 0 Å². The molecule has 13 heavy (non-hydrogen) atoms. The fraction of sp³-hybridized carbons (Fsp3) is 0.444. The van der Waals surface area contributed by atoms with Gasteiger partial charge in [0.1, 0.15) is 5.60 Å². The molecule has 4 nitrogen and oxygen atoms in total. The number of pyridine rings is 1. The average molecular weight is 181 g/mol. The first-order valence-corrected chi connectivity index (χ1v) is 4.15. The van der Waals surface area contributed by atoms with Crippen molar-refractivity contribution in [2.45, 2.75) is 19.4 Å². The summed E-state index contributed by atoms with van der Waals surface area (Å²) in [5.41, 5.74) is 11.3. The van der Waals surface area contributed by atoms with Crippen LogP contribution in [0.3, 0.4) is 0 Å². The summed E-state index contributed by atoms with van der Waals surface area (Å²) in [5, 5.41) is 0. The maximum absolute atomic E-state index is 5.65. The van der Waals surface area contributed by atoms with Crippen LogP contribution in [-0.4, -0.2) is 17.1 Å². The molecule has 4 N–H and O–H groups in total. The fourth-order valence-corrected chi connectivity index (χ4v) is 0.792. The Labute approximate surface area is 77.9 Å². The predicted molar refractivity (Wildman–Crippen MR) is 52.4 cm³/mol. The van der Waals surface area contributed by atoms with E-state index in [0.29, 0.717) is 18.1 Å². The van der Waals surface area contributed by atoms with Crippen molar-refractivity contribution >= 4 is 5.69 Å². The van der Waals surface area contributed by atoms with Gasteiger partial charge in [-0.15, -0.1) is 0 Å². The quantitative estimate of drug-likeness (QED) is 0.722. The Kier molecular flexibility index (Phi) is 2.72. The summed E-state index contributed by atoms with van der Waals surface area (Å²) in [7, 11) is 0. The molecule has 0 aliphatic carbocycles. The van der Waals surface area contributed by atoms with Gasteiger partial charge < -0.3 is 16.2 Å². The van der Waals surface area contributed by atoms with Crippen molar-refractivity contribution in [3.63, 3.8) is 0 Å². The van der Waals surface area contributed by atoms with Crippen LogP contribution in [0.15, 0.2) is 18.3 Å². The Morgan fingerprint density at radius 2 is 2.23 bits per heavy atom. The second kappa shape index (κ2) is 3.62. The maximum atomic E-state index is 5.65. The molecule has 0 saturated carbocycles. The molecular weight excluding hydrogens is 166 g/mol. The molecule has 1 aromatic heterocycles. The summed E-state index contributed by atoms with van der Waals surface area (Å²) >= 11 is 0. The van der Waals surface area contributed by atoms with Crippen molar-refractivity contribution in [3.8, 4) is 5.88 Å². The molecule has 0 atom stereocenters. The van der Waals surface area contributed by atoms with Crippen molar-refractivity contribution < 1.29 is 4.74 Å². The van der Waals surface area contributed by atoms with E-state index in [2.05, 4.69) is 4.98 Å². The van der Waals surface area contributed by atoms with Gasteiger partial charge in [0.25, 0.3) is 0 Å². The standard InChI is InChI=1S/C9H15N3O/c1-9(2,6-10)13-8-7(11)4-3-5-12-8/h3-5H,6,10-11H2,1-2H3. The summed E-state index contributed by atoms with van der Waals surface area (Å²) in [4.78, 5) is 4.01. The summed E-state index contributed by atoms with van der Waals surface area (Å²) in [6.07, 6.45) is 1.64. The van der Waals surface area contributed by atoms with Gasteiger partial charge in [-0.25, -0.2) is 4.98 Å². The number of nitrogens with two attached hydrogens (primary N) is 2. The smallest absolute Gasteiger partial charge is 0.237 e. The lowest BCUT2D eigenvalue weighted by atomic mass is 10.1. The summed E-state index contributed by atoms with van der Waals surface area (Å²) in [5.74, 6) is 0.443. The number of anilines is 1. The van der Waals surface area contributed by atoms with Gasteiger partial charge in [0.05, 0.1) is 5.69 Å². The van der Waals surface area contributed by atoms with Crippen molar-refractivity contribution in [1.29, 1.82) is 0 Å². The zero-order valence-electron chi connectivity index (χ0n) is 7.95. The molecule has 0 amide bonds. The third-order valence-corrected chi connectivity index (χ3v) is 1.67. The Morgan fingerprint density at radius 3 is 2.77 bits per heavy atom. The van der Waals surface area contributed by atoms with Gasteiger partial charge in [-0.1, -0.05) is 0 Å². The highest BCUT2D eigenvalue weighted by molar-refractivity contribution is 5.47. The van der Waals surface area contributed by atoms with Crippen molar-refractivity contribution in [1.82, 2.24) is 4.98 Å². The normalized spacial score (nSPS) is 11.3. The lowest BCUT2D eigenvalue weighted by Gasteiger charge is -2.24. The first-order valence-electron chi connectivity index (χ1n) is 4.15. The minimum absolute atomic E-state index is 0.420. The Morgan fingerprint density at radius 1 is 1.54 bits per heavy atom. The van der Waals surface area contributed by atoms with E-state index < -0.39 is 5.60 Å². The fourth-order valence-electron chi connectivity index (χ4n) is 0.792. The third kappa shape index (κ3) is 2.59. The highest BCUT2D eigenvalue weighted by Gasteiger charge is 2.18. The lowest BCUT2D eigenvalue weighted by Crippen LogP contribution is -2.37. The third-order valence-electron chi connectivity index (χ3n) is 1.67. The molecule has 0 radical (unpaired) electrons. The summed E-state index contributed by atoms with van der Waals surface area (Å²) in [6.45, 7) is 4.20. The van der Waals surface area contributed by atoms with E-state index in [-0.39, 0.29) is 0 Å². The molecule has 1 rings (SSSR count). The minimum Gasteiger partial charge on any atom is -0.469 e. The van der Waals surface area contributed by atoms with Crippen LogP contribution in [0.25, 0.3) is 0 Å². The molecule has 4 heteroatoms. The van der Waals surface area contributed by atoms with E-state index in [0.717, 1.165) is 0 Å². The summed E-state index contributed by atoms with van der Waals surface area (Å²) in [6, 6.07) is 3.51. The first kappa shape index (κ1) is 9.80. The van der Waals surface area contributed by atoms with Crippen LogP contribution in [0.5, 0.6) is 5.88 Å². The molecule has 0 aliphatic rings. The van der Waals surface area contributed by atoms with E-state index in [1.54, 1.807) is 18.3 Å². The van der Waals surface area contributed by atoms with E-state index in [4.69, 9.17) is 16.2 Å². The number of nitrogen functional groups attached to an aromatic ring is 1. The molecule has 0 unspecified atom stereocenters. The van der Waals surface area contributed by atoms with E-state index >= 15 is 0 Å². The van der Waals surface area contributed by atoms with E-state index in [1.165, 1.54) is 0 Å². The monoisotopic (exact) mass is 181 g/mol. The van der Waals surface area contributed by atoms with Crippen LogP contribution in [-0.2, 0) is 0 Å². The first-order chi connectivity index (χ1) is 6.05. The zero-order chi connectivity index (χ0) is 9.90. The SMILES string of the molecule is CC(C)(CN)Oc1ncccc1N. The molecule has 0 spiro atoms. The minimum atomic E-state index is -0.428. The highest BCUT2D eigenvalue weighted by Crippen LogP contribution is 2.21.